The van der Waals surface area contributed by atoms with Crippen LogP contribution in [0.15, 0.2) is 24.5 Å². The summed E-state index contributed by atoms with van der Waals surface area (Å²) in [5.74, 6) is -1.01. The van der Waals surface area contributed by atoms with Crippen molar-refractivity contribution < 1.29 is 14.7 Å². The van der Waals surface area contributed by atoms with Gasteiger partial charge in [0.05, 0.1) is 10.7 Å². The van der Waals surface area contributed by atoms with E-state index < -0.39 is 12.0 Å². The minimum Gasteiger partial charge on any atom is -0.478 e. The van der Waals surface area contributed by atoms with E-state index in [1.165, 1.54) is 29.2 Å². The topological polar surface area (TPSA) is 109 Å². The summed E-state index contributed by atoms with van der Waals surface area (Å²) in [5, 5.41) is 17.7. The molecule has 0 spiro atoms. The molecule has 2 amide bonds. The molecule has 2 aromatic rings. The summed E-state index contributed by atoms with van der Waals surface area (Å²) in [7, 11) is 1.60. The van der Waals surface area contributed by atoms with Crippen molar-refractivity contribution in [3.63, 3.8) is 0 Å². The molecule has 1 heterocycles. The first-order chi connectivity index (χ1) is 9.49. The zero-order valence-corrected chi connectivity index (χ0v) is 11.0. The summed E-state index contributed by atoms with van der Waals surface area (Å²) in [5.41, 5.74) is -0.0908. The molecule has 2 rings (SSSR count). The first-order valence-corrected chi connectivity index (χ1v) is 5.80. The lowest BCUT2D eigenvalue weighted by atomic mass is 10.2. The van der Waals surface area contributed by atoms with Crippen molar-refractivity contribution in [1.82, 2.24) is 14.8 Å². The molecule has 1 aromatic heterocycles. The molecule has 20 heavy (non-hydrogen) atoms. The molecule has 0 fully saturated rings. The summed E-state index contributed by atoms with van der Waals surface area (Å²) >= 11 is 5.80. The summed E-state index contributed by atoms with van der Waals surface area (Å²) in [6.45, 7) is 0. The highest BCUT2D eigenvalue weighted by Crippen LogP contribution is 2.24. The lowest BCUT2D eigenvalue weighted by Gasteiger charge is -2.10. The largest absolute Gasteiger partial charge is 0.478 e. The molecule has 0 saturated heterocycles. The Morgan fingerprint density at radius 2 is 2.10 bits per heavy atom. The molecule has 0 aliphatic rings. The van der Waals surface area contributed by atoms with E-state index >= 15 is 0 Å². The van der Waals surface area contributed by atoms with Gasteiger partial charge in [-0.2, -0.15) is 10.1 Å². The highest BCUT2D eigenvalue weighted by atomic mass is 35.5. The Morgan fingerprint density at radius 3 is 2.70 bits per heavy atom. The fraction of sp³-hybridized carbons (Fsp3) is 0.0909. The van der Waals surface area contributed by atoms with Crippen LogP contribution in [0.3, 0.4) is 0 Å². The third-order valence-electron chi connectivity index (χ3n) is 2.41. The number of carbonyl (C=O) groups excluding carboxylic acids is 1. The van der Waals surface area contributed by atoms with Crippen LogP contribution in [0.1, 0.15) is 10.4 Å². The molecule has 0 saturated carbocycles. The minimum atomic E-state index is -1.23. The number of hydrogen-bond donors (Lipinski definition) is 3. The van der Waals surface area contributed by atoms with Crippen molar-refractivity contribution >= 4 is 35.2 Å². The van der Waals surface area contributed by atoms with Gasteiger partial charge in [-0.05, 0) is 12.1 Å². The van der Waals surface area contributed by atoms with Crippen molar-refractivity contribution in [3.8, 4) is 0 Å². The van der Waals surface area contributed by atoms with Gasteiger partial charge >= 0.3 is 12.0 Å². The number of halogens is 1. The Morgan fingerprint density at radius 1 is 1.35 bits per heavy atom. The Kier molecular flexibility index (Phi) is 3.85. The normalized spacial score (nSPS) is 10.1. The van der Waals surface area contributed by atoms with Crippen LogP contribution in [-0.4, -0.2) is 31.9 Å². The van der Waals surface area contributed by atoms with Crippen molar-refractivity contribution in [2.75, 3.05) is 10.6 Å². The lowest BCUT2D eigenvalue weighted by Crippen LogP contribution is -2.23. The number of rotatable bonds is 3. The number of nitrogens with one attached hydrogen (secondary N) is 2. The number of amides is 2. The quantitative estimate of drug-likeness (QED) is 0.800. The first-order valence-electron chi connectivity index (χ1n) is 5.43. The summed E-state index contributed by atoms with van der Waals surface area (Å²) < 4.78 is 1.36. The highest BCUT2D eigenvalue weighted by molar-refractivity contribution is 6.34. The maximum Gasteiger partial charge on any atom is 0.339 e. The SMILES string of the molecule is Cn1ncnc1NC(=O)Nc1cccc(Cl)c1C(=O)O. The number of urea groups is 1. The maximum atomic E-state index is 11.8. The average Bonchev–Trinajstić information content (AvgIpc) is 2.74. The third kappa shape index (κ3) is 2.86. The van der Waals surface area contributed by atoms with Crippen LogP contribution in [0.4, 0.5) is 16.4 Å². The van der Waals surface area contributed by atoms with E-state index in [2.05, 4.69) is 20.7 Å². The summed E-state index contributed by atoms with van der Waals surface area (Å²) in [6.07, 6.45) is 1.28. The molecule has 3 N–H and O–H groups in total. The third-order valence-corrected chi connectivity index (χ3v) is 2.73. The van der Waals surface area contributed by atoms with Gasteiger partial charge in [0.15, 0.2) is 0 Å². The summed E-state index contributed by atoms with van der Waals surface area (Å²) in [4.78, 5) is 26.7. The van der Waals surface area contributed by atoms with E-state index in [1.807, 2.05) is 0 Å². The summed E-state index contributed by atoms with van der Waals surface area (Å²) in [6, 6.07) is 3.75. The second-order valence-corrected chi connectivity index (χ2v) is 4.16. The van der Waals surface area contributed by atoms with E-state index in [1.54, 1.807) is 7.05 Å². The number of aryl methyl sites for hydroxylation is 1. The average molecular weight is 296 g/mol. The molecule has 0 atom stereocenters. The number of carboxylic acid groups (broad SMARTS) is 1. The molecule has 0 bridgehead atoms. The van der Waals surface area contributed by atoms with Crippen LogP contribution in [-0.2, 0) is 7.05 Å². The van der Waals surface area contributed by atoms with Gasteiger partial charge in [0, 0.05) is 7.05 Å². The molecule has 8 nitrogen and oxygen atoms in total. The predicted molar refractivity (Wildman–Crippen MR) is 72.1 cm³/mol. The van der Waals surface area contributed by atoms with Gasteiger partial charge in [0.2, 0.25) is 5.95 Å². The van der Waals surface area contributed by atoms with Crippen LogP contribution in [0.25, 0.3) is 0 Å². The van der Waals surface area contributed by atoms with Gasteiger partial charge in [-0.25, -0.2) is 14.3 Å². The monoisotopic (exact) mass is 295 g/mol. The maximum absolute atomic E-state index is 11.8. The first kappa shape index (κ1) is 13.8. The number of aromatic carboxylic acids is 1. The second kappa shape index (κ2) is 5.57. The fourth-order valence-corrected chi connectivity index (χ4v) is 1.77. The lowest BCUT2D eigenvalue weighted by molar-refractivity contribution is 0.0698. The fourth-order valence-electron chi connectivity index (χ4n) is 1.51. The molecule has 104 valence electrons. The Labute approximate surface area is 118 Å². The number of hydrogen-bond acceptors (Lipinski definition) is 4. The van der Waals surface area contributed by atoms with E-state index in [4.69, 9.17) is 16.7 Å². The molecule has 1 aromatic carbocycles. The van der Waals surface area contributed by atoms with Gasteiger partial charge in [-0.15, -0.1) is 0 Å². The standard InChI is InChI=1S/C11H10ClN5O3/c1-17-10(13-5-14-17)16-11(20)15-7-4-2-3-6(12)8(7)9(18)19/h2-5H,1H3,(H,18,19)(H2,13,14,15,16,20). The Hall–Kier alpha value is -2.61. The number of aromatic nitrogens is 3. The van der Waals surface area contributed by atoms with E-state index in [0.29, 0.717) is 0 Å². The van der Waals surface area contributed by atoms with Gasteiger partial charge in [0.1, 0.15) is 11.9 Å². The number of nitrogens with zero attached hydrogens (tertiary/aromatic N) is 3. The molecular formula is C11H10ClN5O3. The number of carbonyl (C=O) groups is 2. The predicted octanol–water partition coefficient (Wildman–Crippen LogP) is 1.81. The zero-order valence-electron chi connectivity index (χ0n) is 10.3. The van der Waals surface area contributed by atoms with Crippen LogP contribution in [0.5, 0.6) is 0 Å². The van der Waals surface area contributed by atoms with Crippen LogP contribution in [0, 0.1) is 0 Å². The molecule has 0 aliphatic heterocycles. The molecule has 0 unspecified atom stereocenters. The minimum absolute atomic E-state index is 0.0361. The molecule has 0 aliphatic carbocycles. The van der Waals surface area contributed by atoms with Crippen molar-refractivity contribution in [1.29, 1.82) is 0 Å². The number of benzene rings is 1. The number of carboxylic acids is 1. The van der Waals surface area contributed by atoms with Gasteiger partial charge in [0.25, 0.3) is 0 Å². The van der Waals surface area contributed by atoms with E-state index in [9.17, 15) is 9.59 Å². The second-order valence-electron chi connectivity index (χ2n) is 3.75. The Bertz CT molecular complexity index is 670. The van der Waals surface area contributed by atoms with Crippen molar-refractivity contribution in [2.45, 2.75) is 0 Å². The van der Waals surface area contributed by atoms with Crippen LogP contribution in [0.2, 0.25) is 5.02 Å². The molecule has 9 heteroatoms. The van der Waals surface area contributed by atoms with Crippen molar-refractivity contribution in [3.05, 3.63) is 35.1 Å². The molecular weight excluding hydrogens is 286 g/mol. The van der Waals surface area contributed by atoms with E-state index in [0.717, 1.165) is 0 Å². The zero-order chi connectivity index (χ0) is 14.7. The highest BCUT2D eigenvalue weighted by Gasteiger charge is 2.16. The van der Waals surface area contributed by atoms with Gasteiger partial charge in [-0.1, -0.05) is 17.7 Å². The van der Waals surface area contributed by atoms with Crippen molar-refractivity contribution in [2.24, 2.45) is 7.05 Å². The Balaban J connectivity index is 2.18. The van der Waals surface area contributed by atoms with Crippen LogP contribution >= 0.6 is 11.6 Å². The smallest absolute Gasteiger partial charge is 0.339 e. The molecule has 0 radical (unpaired) electrons. The number of anilines is 2. The van der Waals surface area contributed by atoms with Gasteiger partial charge < -0.3 is 10.4 Å². The van der Waals surface area contributed by atoms with Gasteiger partial charge in [-0.3, -0.25) is 5.32 Å². The van der Waals surface area contributed by atoms with E-state index in [-0.39, 0.29) is 22.2 Å². The van der Waals surface area contributed by atoms with Crippen LogP contribution < -0.4 is 10.6 Å².